The summed E-state index contributed by atoms with van der Waals surface area (Å²) in [5, 5.41) is 81.7. The predicted molar refractivity (Wildman–Crippen MR) is 476 cm³/mol. The van der Waals surface area contributed by atoms with Crippen molar-refractivity contribution in [2.45, 2.75) is 326 Å². The summed E-state index contributed by atoms with van der Waals surface area (Å²) < 4.78 is 72.6. The van der Waals surface area contributed by atoms with E-state index < -0.39 is 191 Å². The Morgan fingerprint density at radius 1 is 0.224 bits per heavy atom. The molecule has 28 nitrogen and oxygen atoms in total. The van der Waals surface area contributed by atoms with E-state index in [1.807, 2.05) is 0 Å². The number of aliphatic hydroxyl groups is 8. The number of benzene rings is 2. The molecule has 0 amide bonds. The van der Waals surface area contributed by atoms with E-state index in [2.05, 4.69) is 27.7 Å². The van der Waals surface area contributed by atoms with Crippen molar-refractivity contribution in [3.8, 4) is 23.0 Å². The van der Waals surface area contributed by atoms with Crippen molar-refractivity contribution in [1.29, 1.82) is 0 Å². The summed E-state index contributed by atoms with van der Waals surface area (Å²) in [6, 6.07) is 8.94. The number of hydrogen-bond donors (Lipinski definition) is 8. The van der Waals surface area contributed by atoms with Crippen LogP contribution in [0.25, 0.3) is 0 Å². The highest BCUT2D eigenvalue weighted by molar-refractivity contribution is 5.91. The number of unbranched alkanes of at least 4 members (excludes halogenated alkanes) is 36. The van der Waals surface area contributed by atoms with Crippen molar-refractivity contribution in [3.05, 3.63) is 47.5 Å². The van der Waals surface area contributed by atoms with Crippen LogP contribution in [0.3, 0.4) is 0 Å². The summed E-state index contributed by atoms with van der Waals surface area (Å²) in [5.74, 6) is -8.58. The van der Waals surface area contributed by atoms with E-state index in [0.717, 1.165) is 129 Å². The third-order valence-electron chi connectivity index (χ3n) is 23.3. The van der Waals surface area contributed by atoms with Crippen LogP contribution in [0.4, 0.5) is 0 Å². The standard InChI is InChI=1S/C97H164O28/c1-11-15-19-23-27-31-35-39-43-47-55-114-79-53-51-77(59-81(79)116-57-49-45-41-37-33-29-25-21-17-13-3)83(106)118-73-97(75-124-89(112)95(9,69-120-85(108)91(5,61-98)62-99)70-121-86(109)92(6,63-100)64-101,76-125-90(113)96(10,71-122-87(110)93(7,65-102)66-103)72-123-88(111)94(8,67-104)68-105)74-119-84(107)78-52-54-80(115-56-48-44-40-36-32-28-24-20-16-12-2)82(60-78)117-58-50-46-42-38-34-30-26-22-18-14-4/h51-54,59-60,98-105H,11-50,55-58,61-76H2,1-10H3. The number of esters is 8. The normalized spacial score (nSPS) is 12.2. The number of aliphatic hydroxyl groups excluding tert-OH is 8. The van der Waals surface area contributed by atoms with Crippen LogP contribution in [0.5, 0.6) is 23.0 Å². The lowest BCUT2D eigenvalue weighted by Crippen LogP contribution is -2.49. The predicted octanol–water partition coefficient (Wildman–Crippen LogP) is 16.1. The lowest BCUT2D eigenvalue weighted by Gasteiger charge is -2.35. The lowest BCUT2D eigenvalue weighted by atomic mass is 9.89. The van der Waals surface area contributed by atoms with Crippen LogP contribution in [-0.4, -0.2) is 221 Å². The highest BCUT2D eigenvalue weighted by Gasteiger charge is 2.49. The second-order valence-corrected chi connectivity index (χ2v) is 36.2. The van der Waals surface area contributed by atoms with Crippen molar-refractivity contribution in [1.82, 2.24) is 0 Å². The molecule has 8 N–H and O–H groups in total. The number of hydrogen-bond acceptors (Lipinski definition) is 28. The minimum atomic E-state index is -2.32. The van der Waals surface area contributed by atoms with Crippen LogP contribution in [0.15, 0.2) is 36.4 Å². The summed E-state index contributed by atoms with van der Waals surface area (Å²) in [6.07, 6.45) is 43.6. The maximum Gasteiger partial charge on any atom is 0.338 e. The van der Waals surface area contributed by atoms with E-state index in [4.69, 9.17) is 56.8 Å². The molecule has 2 aromatic rings. The molecule has 0 unspecified atom stereocenters. The van der Waals surface area contributed by atoms with Gasteiger partial charge in [0, 0.05) is 0 Å². The molecule has 0 saturated heterocycles. The van der Waals surface area contributed by atoms with Gasteiger partial charge in [-0.3, -0.25) is 28.8 Å². The molecule has 0 radical (unpaired) electrons. The summed E-state index contributed by atoms with van der Waals surface area (Å²) in [5.41, 5.74) is -14.9. The number of rotatable bonds is 80. The van der Waals surface area contributed by atoms with Crippen LogP contribution >= 0.6 is 0 Å². The maximum absolute atomic E-state index is 15.3. The topological polar surface area (TPSA) is 409 Å². The Morgan fingerprint density at radius 2 is 0.400 bits per heavy atom. The molecule has 0 atom stereocenters. The first-order valence-corrected chi connectivity index (χ1v) is 47.0. The van der Waals surface area contributed by atoms with Crippen LogP contribution in [-0.2, 0) is 66.7 Å². The lowest BCUT2D eigenvalue weighted by molar-refractivity contribution is -0.184. The molecular weight excluding hydrogens is 1610 g/mol. The van der Waals surface area contributed by atoms with Crippen LogP contribution in [0.1, 0.15) is 347 Å². The summed E-state index contributed by atoms with van der Waals surface area (Å²) in [7, 11) is 0. The second-order valence-electron chi connectivity index (χ2n) is 36.2. The van der Waals surface area contributed by atoms with E-state index in [-0.39, 0.29) is 35.8 Å². The van der Waals surface area contributed by atoms with Gasteiger partial charge in [-0.2, -0.15) is 0 Å². The molecule has 0 aromatic heterocycles. The van der Waals surface area contributed by atoms with Gasteiger partial charge in [-0.15, -0.1) is 0 Å². The van der Waals surface area contributed by atoms with Crippen LogP contribution in [0.2, 0.25) is 0 Å². The largest absolute Gasteiger partial charge is 0.490 e. The smallest absolute Gasteiger partial charge is 0.338 e. The maximum atomic E-state index is 15.3. The first-order chi connectivity index (χ1) is 60.0. The SMILES string of the molecule is CCCCCCCCCCCCOc1ccc(C(=O)OCC(COC(=O)c2ccc(OCCCCCCCCCCCC)c(OCCCCCCCCCCCC)c2)(COC(=O)C(C)(COC(=O)C(C)(CO)CO)COC(=O)C(C)(CO)CO)COC(=O)C(C)(COC(=O)C(C)(CO)CO)COC(=O)C(C)(CO)CO)cc1OCCCCCCCCCCCC. The number of carbonyl (C=O) groups excluding carboxylic acids is 8. The van der Waals surface area contributed by atoms with Gasteiger partial charge < -0.3 is 97.7 Å². The Bertz CT molecular complexity index is 2990. The van der Waals surface area contributed by atoms with E-state index in [0.29, 0.717) is 37.6 Å². The van der Waals surface area contributed by atoms with E-state index in [9.17, 15) is 60.0 Å². The van der Waals surface area contributed by atoms with Crippen molar-refractivity contribution >= 4 is 47.8 Å². The van der Waals surface area contributed by atoms with Gasteiger partial charge in [0.25, 0.3) is 0 Å². The van der Waals surface area contributed by atoms with Gasteiger partial charge >= 0.3 is 47.8 Å². The molecule has 125 heavy (non-hydrogen) atoms. The molecule has 0 heterocycles. The minimum Gasteiger partial charge on any atom is -0.490 e. The fraction of sp³-hybridized carbons (Fsp3) is 0.794. The Labute approximate surface area is 747 Å². The summed E-state index contributed by atoms with van der Waals surface area (Å²) >= 11 is 0. The molecule has 0 fully saturated rings. The summed E-state index contributed by atoms with van der Waals surface area (Å²) in [6.45, 7) is 1.18. The van der Waals surface area contributed by atoms with Crippen LogP contribution < -0.4 is 18.9 Å². The van der Waals surface area contributed by atoms with E-state index in [1.165, 1.54) is 180 Å². The fourth-order valence-corrected chi connectivity index (χ4v) is 13.1. The Morgan fingerprint density at radius 3 is 0.608 bits per heavy atom. The van der Waals surface area contributed by atoms with Crippen molar-refractivity contribution in [2.75, 3.05) is 132 Å². The average Bonchev–Trinajstić information content (AvgIpc) is 0.805. The zero-order valence-corrected chi connectivity index (χ0v) is 78.1. The highest BCUT2D eigenvalue weighted by Crippen LogP contribution is 2.36. The van der Waals surface area contributed by atoms with Crippen molar-refractivity contribution < 1.29 is 136 Å². The fourth-order valence-electron chi connectivity index (χ4n) is 13.1. The van der Waals surface area contributed by atoms with Gasteiger partial charge in [-0.05, 0) is 104 Å². The molecule has 720 valence electrons. The molecule has 0 aliphatic carbocycles. The third-order valence-corrected chi connectivity index (χ3v) is 23.3. The first-order valence-electron chi connectivity index (χ1n) is 47.0. The second kappa shape index (κ2) is 65.6. The molecular formula is C97H164O28. The average molecular weight is 1780 g/mol. The summed E-state index contributed by atoms with van der Waals surface area (Å²) in [4.78, 5) is 116. The van der Waals surface area contributed by atoms with Crippen LogP contribution in [0, 0.1) is 37.9 Å². The monoisotopic (exact) mass is 1780 g/mol. The van der Waals surface area contributed by atoms with Gasteiger partial charge in [0.15, 0.2) is 23.0 Å². The molecule has 0 spiro atoms. The zero-order chi connectivity index (χ0) is 92.7. The third kappa shape index (κ3) is 44.3. The van der Waals surface area contributed by atoms with Gasteiger partial charge in [-0.25, -0.2) is 9.59 Å². The van der Waals surface area contributed by atoms with Gasteiger partial charge in [0.2, 0.25) is 0 Å². The number of ether oxygens (including phenoxy) is 12. The van der Waals surface area contributed by atoms with Gasteiger partial charge in [-0.1, -0.05) is 259 Å². The molecule has 0 saturated carbocycles. The van der Waals surface area contributed by atoms with E-state index >= 15 is 19.2 Å². The van der Waals surface area contributed by atoms with Gasteiger partial charge in [0.05, 0.1) is 90.4 Å². The number of carbonyl (C=O) groups is 8. The van der Waals surface area contributed by atoms with E-state index in [1.54, 1.807) is 12.1 Å². The molecule has 0 aliphatic heterocycles. The van der Waals surface area contributed by atoms with Gasteiger partial charge in [0.1, 0.15) is 90.8 Å². The molecule has 28 heteroatoms. The first kappa shape index (κ1) is 114. The molecule has 0 bridgehead atoms. The Balaban J connectivity index is 3.11. The Kier molecular flexibility index (Phi) is 59.9. The van der Waals surface area contributed by atoms with Crippen molar-refractivity contribution in [3.63, 3.8) is 0 Å². The zero-order valence-electron chi connectivity index (χ0n) is 78.1. The molecule has 0 aliphatic rings. The highest BCUT2D eigenvalue weighted by atomic mass is 16.6. The molecule has 2 aromatic carbocycles. The Hall–Kier alpha value is -6.92. The van der Waals surface area contributed by atoms with Crippen molar-refractivity contribution in [2.24, 2.45) is 37.9 Å². The molecule has 2 rings (SSSR count). The quantitative estimate of drug-likeness (QED) is 0.0173. The minimum absolute atomic E-state index is 0.0894.